The van der Waals surface area contributed by atoms with E-state index in [9.17, 15) is 13.2 Å². The number of imidazole rings is 1. The van der Waals surface area contributed by atoms with E-state index < -0.39 is 12.0 Å². The van der Waals surface area contributed by atoms with Crippen LogP contribution in [-0.2, 0) is 6.18 Å². The maximum atomic E-state index is 13.3. The Bertz CT molecular complexity index is 1440. The summed E-state index contributed by atoms with van der Waals surface area (Å²) in [5.41, 5.74) is 2.46. The van der Waals surface area contributed by atoms with Gasteiger partial charge in [-0.05, 0) is 59.3 Å². The van der Waals surface area contributed by atoms with Crippen molar-refractivity contribution in [1.82, 2.24) is 9.97 Å². The van der Waals surface area contributed by atoms with Crippen LogP contribution in [-0.4, -0.2) is 9.97 Å². The first-order valence-electron chi connectivity index (χ1n) is 9.85. The first-order valence-corrected chi connectivity index (χ1v) is 13.2. The average Bonchev–Trinajstić information content (AvgIpc) is 3.61. The Balaban J connectivity index is 1.53. The third-order valence-corrected chi connectivity index (χ3v) is 9.53. The zero-order chi connectivity index (χ0) is 22.6. The van der Waals surface area contributed by atoms with Gasteiger partial charge >= 0.3 is 6.18 Å². The lowest BCUT2D eigenvalue weighted by molar-refractivity contribution is -0.144. The fraction of sp³-hybridized carbons (Fsp3) is 0.0417. The van der Waals surface area contributed by atoms with Crippen LogP contribution in [0.3, 0.4) is 0 Å². The van der Waals surface area contributed by atoms with Crippen molar-refractivity contribution in [1.29, 1.82) is 0 Å². The molecule has 5 heterocycles. The highest BCUT2D eigenvalue weighted by molar-refractivity contribution is 7.24. The lowest BCUT2D eigenvalue weighted by Crippen LogP contribution is -2.06. The van der Waals surface area contributed by atoms with Crippen LogP contribution in [0.2, 0.25) is 0 Å². The number of nitrogens with zero attached hydrogens (tertiary/aromatic N) is 1. The summed E-state index contributed by atoms with van der Waals surface area (Å²) >= 11 is 6.61. The Morgan fingerprint density at radius 1 is 0.667 bits per heavy atom. The molecule has 0 fully saturated rings. The van der Waals surface area contributed by atoms with E-state index in [2.05, 4.69) is 34.2 Å². The molecule has 5 aromatic heterocycles. The van der Waals surface area contributed by atoms with Gasteiger partial charge in [0, 0.05) is 40.4 Å². The molecule has 33 heavy (non-hydrogen) atoms. The number of benzene rings is 1. The molecule has 0 aliphatic carbocycles. The molecular weight excluding hydrogens is 502 g/mol. The molecule has 1 N–H and O–H groups in total. The summed E-state index contributed by atoms with van der Waals surface area (Å²) in [6.07, 6.45) is -4.52. The molecule has 0 aliphatic rings. The van der Waals surface area contributed by atoms with Crippen LogP contribution in [0.25, 0.3) is 51.4 Å². The number of halogens is 3. The SMILES string of the molecule is FC(F)(F)c1nc2cc(-c3ccc(-c4cccs4)s3)c(-c3ccc(-c4cccs4)s3)cc2[nH]1. The van der Waals surface area contributed by atoms with Gasteiger partial charge in [-0.15, -0.1) is 45.3 Å². The van der Waals surface area contributed by atoms with E-state index in [4.69, 9.17) is 0 Å². The Kier molecular flexibility index (Phi) is 5.02. The lowest BCUT2D eigenvalue weighted by Gasteiger charge is -2.07. The Labute approximate surface area is 202 Å². The topological polar surface area (TPSA) is 28.7 Å². The third-order valence-electron chi connectivity index (χ3n) is 5.16. The Morgan fingerprint density at radius 2 is 1.21 bits per heavy atom. The van der Waals surface area contributed by atoms with Crippen molar-refractivity contribution in [3.63, 3.8) is 0 Å². The molecule has 1 aromatic carbocycles. The highest BCUT2D eigenvalue weighted by Crippen LogP contribution is 2.45. The predicted octanol–water partition coefficient (Wildman–Crippen LogP) is 9.50. The molecule has 0 amide bonds. The number of hydrogen-bond acceptors (Lipinski definition) is 5. The fourth-order valence-corrected chi connectivity index (χ4v) is 7.41. The molecule has 164 valence electrons. The minimum absolute atomic E-state index is 0.308. The van der Waals surface area contributed by atoms with Gasteiger partial charge in [-0.25, -0.2) is 4.98 Å². The second-order valence-electron chi connectivity index (χ2n) is 7.28. The highest BCUT2D eigenvalue weighted by Gasteiger charge is 2.35. The molecule has 0 radical (unpaired) electrons. The Hall–Kier alpha value is -2.72. The second kappa shape index (κ2) is 7.95. The largest absolute Gasteiger partial charge is 0.449 e. The first-order chi connectivity index (χ1) is 16.0. The van der Waals surface area contributed by atoms with E-state index in [1.165, 1.54) is 9.75 Å². The molecule has 6 aromatic rings. The summed E-state index contributed by atoms with van der Waals surface area (Å²) in [6.45, 7) is 0. The molecule has 0 aliphatic heterocycles. The maximum absolute atomic E-state index is 13.3. The van der Waals surface area contributed by atoms with E-state index >= 15 is 0 Å². The molecular formula is C24H13F3N2S4. The highest BCUT2D eigenvalue weighted by atomic mass is 32.1. The number of nitrogens with one attached hydrogen (secondary N) is 1. The molecule has 0 unspecified atom stereocenters. The minimum Gasteiger partial charge on any atom is -0.334 e. The number of thiophene rings is 4. The van der Waals surface area contributed by atoms with Crippen LogP contribution in [0.1, 0.15) is 5.82 Å². The monoisotopic (exact) mass is 514 g/mol. The first kappa shape index (κ1) is 20.9. The zero-order valence-electron chi connectivity index (χ0n) is 16.6. The van der Waals surface area contributed by atoms with Gasteiger partial charge < -0.3 is 4.98 Å². The van der Waals surface area contributed by atoms with E-state index in [1.807, 2.05) is 35.0 Å². The Morgan fingerprint density at radius 3 is 1.73 bits per heavy atom. The standard InChI is InChI=1S/C24H13F3N2S4/c25-24(26,27)23-28-15-11-13(17-5-7-21(32-17)19-3-1-9-30-19)14(12-16(15)29-23)18-6-8-22(33-18)20-4-2-10-31-20/h1-12H,(H,28,29). The van der Waals surface area contributed by atoms with Crippen molar-refractivity contribution >= 4 is 56.4 Å². The van der Waals surface area contributed by atoms with Gasteiger partial charge in [0.2, 0.25) is 5.82 Å². The van der Waals surface area contributed by atoms with Crippen molar-refractivity contribution < 1.29 is 13.2 Å². The maximum Gasteiger partial charge on any atom is 0.449 e. The van der Waals surface area contributed by atoms with Crippen molar-refractivity contribution in [3.05, 3.63) is 77.2 Å². The van der Waals surface area contributed by atoms with Gasteiger partial charge in [-0.3, -0.25) is 0 Å². The number of alkyl halides is 3. The predicted molar refractivity (Wildman–Crippen MR) is 134 cm³/mol. The molecule has 9 heteroatoms. The van der Waals surface area contributed by atoms with Gasteiger partial charge in [0.25, 0.3) is 0 Å². The van der Waals surface area contributed by atoms with Crippen LogP contribution in [0.15, 0.2) is 71.4 Å². The molecule has 0 atom stereocenters. The van der Waals surface area contributed by atoms with E-state index in [1.54, 1.807) is 57.5 Å². The van der Waals surface area contributed by atoms with Gasteiger partial charge in [-0.1, -0.05) is 12.1 Å². The number of fused-ring (bicyclic) bond motifs is 1. The van der Waals surface area contributed by atoms with Gasteiger partial charge in [0.05, 0.1) is 11.0 Å². The molecule has 0 saturated heterocycles. The molecule has 2 nitrogen and oxygen atoms in total. The summed E-state index contributed by atoms with van der Waals surface area (Å²) in [5.74, 6) is -0.975. The van der Waals surface area contributed by atoms with E-state index in [0.717, 1.165) is 30.6 Å². The van der Waals surface area contributed by atoms with Crippen molar-refractivity contribution in [2.75, 3.05) is 0 Å². The molecule has 0 saturated carbocycles. The van der Waals surface area contributed by atoms with Gasteiger partial charge in [0.15, 0.2) is 0 Å². The van der Waals surface area contributed by atoms with Crippen LogP contribution in [0, 0.1) is 0 Å². The van der Waals surface area contributed by atoms with Crippen molar-refractivity contribution in [2.45, 2.75) is 6.18 Å². The summed E-state index contributed by atoms with van der Waals surface area (Å²) < 4.78 is 39.9. The number of rotatable bonds is 4. The molecule has 6 rings (SSSR count). The van der Waals surface area contributed by atoms with Crippen LogP contribution in [0.5, 0.6) is 0 Å². The summed E-state index contributed by atoms with van der Waals surface area (Å²) in [4.78, 5) is 12.9. The van der Waals surface area contributed by atoms with E-state index in [0.29, 0.717) is 11.0 Å². The normalized spacial score (nSPS) is 12.1. The smallest absolute Gasteiger partial charge is 0.334 e. The van der Waals surface area contributed by atoms with Gasteiger partial charge in [0.1, 0.15) is 0 Å². The summed E-state index contributed by atoms with van der Waals surface area (Å²) in [5, 5.41) is 4.07. The van der Waals surface area contributed by atoms with Crippen molar-refractivity contribution in [2.24, 2.45) is 0 Å². The number of aromatic nitrogens is 2. The lowest BCUT2D eigenvalue weighted by atomic mass is 10.0. The van der Waals surface area contributed by atoms with Crippen LogP contribution >= 0.6 is 45.3 Å². The molecule has 0 spiro atoms. The summed E-state index contributed by atoms with van der Waals surface area (Å²) in [6, 6.07) is 19.9. The van der Waals surface area contributed by atoms with Crippen LogP contribution < -0.4 is 0 Å². The molecule has 0 bridgehead atoms. The quantitative estimate of drug-likeness (QED) is 0.249. The summed E-state index contributed by atoms with van der Waals surface area (Å²) in [7, 11) is 0. The van der Waals surface area contributed by atoms with Crippen LogP contribution in [0.4, 0.5) is 13.2 Å². The number of aromatic amines is 1. The van der Waals surface area contributed by atoms with Crippen molar-refractivity contribution in [3.8, 4) is 40.4 Å². The average molecular weight is 515 g/mol. The van der Waals surface area contributed by atoms with Gasteiger partial charge in [-0.2, -0.15) is 13.2 Å². The van der Waals surface area contributed by atoms with E-state index in [-0.39, 0.29) is 0 Å². The minimum atomic E-state index is -4.52. The number of hydrogen-bond donors (Lipinski definition) is 1. The number of H-pyrrole nitrogens is 1. The zero-order valence-corrected chi connectivity index (χ0v) is 19.9. The third kappa shape index (κ3) is 3.85. The second-order valence-corrected chi connectivity index (χ2v) is 11.3. The fourth-order valence-electron chi connectivity index (χ4n) is 3.67.